The maximum atomic E-state index is 12.0. The van der Waals surface area contributed by atoms with Gasteiger partial charge in [-0.05, 0) is 17.5 Å². The molecular weight excluding hydrogens is 304 g/mol. The van der Waals surface area contributed by atoms with Gasteiger partial charge in [0.15, 0.2) is 0 Å². The quantitative estimate of drug-likeness (QED) is 0.879. The van der Waals surface area contributed by atoms with Crippen LogP contribution in [0.3, 0.4) is 0 Å². The predicted molar refractivity (Wildman–Crippen MR) is 82.3 cm³/mol. The Hall–Kier alpha value is -2.03. The van der Waals surface area contributed by atoms with Crippen molar-refractivity contribution in [2.45, 2.75) is 6.54 Å². The number of hydrazine groups is 1. The average molecular weight is 320 g/mol. The van der Waals surface area contributed by atoms with Crippen LogP contribution in [0.2, 0.25) is 0 Å². The minimum absolute atomic E-state index is 0.102. The van der Waals surface area contributed by atoms with Crippen LogP contribution in [0.25, 0.3) is 10.6 Å². The van der Waals surface area contributed by atoms with Gasteiger partial charge in [-0.3, -0.25) is 15.0 Å². The third-order valence-corrected chi connectivity index (χ3v) is 4.12. The van der Waals surface area contributed by atoms with E-state index < -0.39 is 0 Å². The lowest BCUT2D eigenvalue weighted by atomic mass is 10.3. The molecule has 1 saturated heterocycles. The molecule has 2 aromatic heterocycles. The lowest BCUT2D eigenvalue weighted by Crippen LogP contribution is -2.49. The van der Waals surface area contributed by atoms with Crippen LogP contribution in [0.4, 0.5) is 0 Å². The van der Waals surface area contributed by atoms with Crippen molar-refractivity contribution >= 4 is 17.2 Å². The minimum Gasteiger partial charge on any atom is -0.379 e. The smallest absolute Gasteiger partial charge is 0.267 e. The number of amides is 1. The van der Waals surface area contributed by atoms with Crippen molar-refractivity contribution in [3.8, 4) is 10.6 Å². The van der Waals surface area contributed by atoms with Gasteiger partial charge in [-0.2, -0.15) is 5.10 Å². The molecule has 2 aromatic rings. The first kappa shape index (κ1) is 14.9. The van der Waals surface area contributed by atoms with Crippen molar-refractivity contribution in [2.75, 3.05) is 26.3 Å². The lowest BCUT2D eigenvalue weighted by molar-refractivity contribution is -0.128. The third-order valence-electron chi connectivity index (χ3n) is 3.23. The standard InChI is InChI=1S/C14H16N4O3S/c19-13(16-17-5-7-21-8-6-17)10-18-14(20)4-3-11(15-18)12-2-1-9-22-12/h1-4,9H,5-8,10H2,(H,16,19). The number of morpholine rings is 1. The fraction of sp³-hybridized carbons (Fsp3) is 0.357. The molecule has 1 N–H and O–H groups in total. The van der Waals surface area contributed by atoms with Crippen molar-refractivity contribution in [1.29, 1.82) is 0 Å². The van der Waals surface area contributed by atoms with Crippen LogP contribution in [0.15, 0.2) is 34.4 Å². The topological polar surface area (TPSA) is 76.5 Å². The molecule has 3 rings (SSSR count). The number of nitrogens with zero attached hydrogens (tertiary/aromatic N) is 3. The number of carbonyl (C=O) groups excluding carboxylic acids is 1. The molecule has 1 aliphatic rings. The van der Waals surface area contributed by atoms with E-state index in [1.54, 1.807) is 11.1 Å². The Morgan fingerprint density at radius 2 is 2.14 bits per heavy atom. The maximum absolute atomic E-state index is 12.0. The summed E-state index contributed by atoms with van der Waals surface area (Å²) in [6, 6.07) is 6.95. The fourth-order valence-corrected chi connectivity index (χ4v) is 2.83. The van der Waals surface area contributed by atoms with Crippen LogP contribution in [0, 0.1) is 0 Å². The molecule has 1 aliphatic heterocycles. The van der Waals surface area contributed by atoms with Crippen molar-refractivity contribution < 1.29 is 9.53 Å². The van der Waals surface area contributed by atoms with Gasteiger partial charge in [-0.1, -0.05) is 6.07 Å². The van der Waals surface area contributed by atoms with Gasteiger partial charge < -0.3 is 4.74 Å². The van der Waals surface area contributed by atoms with E-state index in [0.29, 0.717) is 32.0 Å². The first-order valence-electron chi connectivity index (χ1n) is 6.96. The molecule has 0 bridgehead atoms. The molecule has 1 amide bonds. The van der Waals surface area contributed by atoms with E-state index in [-0.39, 0.29) is 18.0 Å². The van der Waals surface area contributed by atoms with Gasteiger partial charge in [-0.15, -0.1) is 11.3 Å². The summed E-state index contributed by atoms with van der Waals surface area (Å²) in [5.74, 6) is -0.264. The monoisotopic (exact) mass is 320 g/mol. The van der Waals surface area contributed by atoms with Gasteiger partial charge in [0.05, 0.1) is 18.1 Å². The number of nitrogens with one attached hydrogen (secondary N) is 1. The number of hydrogen-bond donors (Lipinski definition) is 1. The van der Waals surface area contributed by atoms with E-state index in [1.807, 2.05) is 17.5 Å². The Kier molecular flexibility index (Phi) is 4.62. The van der Waals surface area contributed by atoms with Gasteiger partial charge >= 0.3 is 0 Å². The van der Waals surface area contributed by atoms with E-state index in [1.165, 1.54) is 22.1 Å². The summed E-state index contributed by atoms with van der Waals surface area (Å²) in [4.78, 5) is 24.9. The van der Waals surface area contributed by atoms with Crippen LogP contribution in [-0.2, 0) is 16.1 Å². The zero-order valence-corrected chi connectivity index (χ0v) is 12.7. The minimum atomic E-state index is -0.294. The molecule has 0 aliphatic carbocycles. The highest BCUT2D eigenvalue weighted by atomic mass is 32.1. The fourth-order valence-electron chi connectivity index (χ4n) is 2.14. The highest BCUT2D eigenvalue weighted by molar-refractivity contribution is 7.13. The summed E-state index contributed by atoms with van der Waals surface area (Å²) in [6.07, 6.45) is 0. The van der Waals surface area contributed by atoms with Gasteiger partial charge in [0.2, 0.25) is 0 Å². The Labute approximate surface area is 131 Å². The molecule has 0 saturated carbocycles. The third kappa shape index (κ3) is 3.59. The summed E-state index contributed by atoms with van der Waals surface area (Å²) in [5, 5.41) is 7.99. The Morgan fingerprint density at radius 3 is 2.86 bits per heavy atom. The van der Waals surface area contributed by atoms with Gasteiger partial charge in [-0.25, -0.2) is 9.69 Å². The summed E-state index contributed by atoms with van der Waals surface area (Å²) >= 11 is 1.54. The van der Waals surface area contributed by atoms with Crippen LogP contribution in [-0.4, -0.2) is 47.0 Å². The molecule has 8 heteroatoms. The average Bonchev–Trinajstić information content (AvgIpc) is 3.05. The summed E-state index contributed by atoms with van der Waals surface area (Å²) in [5.41, 5.74) is 3.16. The summed E-state index contributed by atoms with van der Waals surface area (Å²) < 4.78 is 6.40. The Balaban J connectivity index is 1.70. The van der Waals surface area contributed by atoms with Crippen molar-refractivity contribution in [1.82, 2.24) is 20.2 Å². The van der Waals surface area contributed by atoms with E-state index in [0.717, 1.165) is 4.88 Å². The van der Waals surface area contributed by atoms with Crippen LogP contribution < -0.4 is 11.0 Å². The van der Waals surface area contributed by atoms with Crippen molar-refractivity contribution in [3.63, 3.8) is 0 Å². The number of thiophene rings is 1. The van der Waals surface area contributed by atoms with Crippen molar-refractivity contribution in [3.05, 3.63) is 40.0 Å². The largest absolute Gasteiger partial charge is 0.379 e. The lowest BCUT2D eigenvalue weighted by Gasteiger charge is -2.26. The maximum Gasteiger partial charge on any atom is 0.267 e. The molecule has 116 valence electrons. The number of ether oxygens (including phenoxy) is 1. The molecule has 1 fully saturated rings. The second kappa shape index (κ2) is 6.82. The van der Waals surface area contributed by atoms with E-state index in [2.05, 4.69) is 10.5 Å². The van der Waals surface area contributed by atoms with Gasteiger partial charge in [0, 0.05) is 19.2 Å². The predicted octanol–water partition coefficient (Wildman–Crippen LogP) is 0.335. The Bertz CT molecular complexity index is 692. The second-order valence-electron chi connectivity index (χ2n) is 4.83. The zero-order valence-electron chi connectivity index (χ0n) is 11.9. The number of carbonyl (C=O) groups is 1. The first-order chi connectivity index (χ1) is 10.7. The van der Waals surface area contributed by atoms with Gasteiger partial charge in [0.1, 0.15) is 12.2 Å². The molecular formula is C14H16N4O3S. The highest BCUT2D eigenvalue weighted by Crippen LogP contribution is 2.20. The SMILES string of the molecule is O=C(Cn1nc(-c2cccs2)ccc1=O)NN1CCOCC1. The number of aromatic nitrogens is 2. The highest BCUT2D eigenvalue weighted by Gasteiger charge is 2.14. The Morgan fingerprint density at radius 1 is 1.32 bits per heavy atom. The molecule has 0 unspecified atom stereocenters. The van der Waals surface area contributed by atoms with Crippen LogP contribution >= 0.6 is 11.3 Å². The molecule has 22 heavy (non-hydrogen) atoms. The van der Waals surface area contributed by atoms with Crippen LogP contribution in [0.5, 0.6) is 0 Å². The molecule has 7 nitrogen and oxygen atoms in total. The first-order valence-corrected chi connectivity index (χ1v) is 7.84. The number of hydrogen-bond acceptors (Lipinski definition) is 6. The molecule has 0 radical (unpaired) electrons. The normalized spacial score (nSPS) is 15.6. The van der Waals surface area contributed by atoms with Gasteiger partial charge in [0.25, 0.3) is 11.5 Å². The summed E-state index contributed by atoms with van der Waals surface area (Å²) in [7, 11) is 0. The molecule has 0 aromatic carbocycles. The van der Waals surface area contributed by atoms with Crippen LogP contribution in [0.1, 0.15) is 0 Å². The zero-order chi connectivity index (χ0) is 15.4. The van der Waals surface area contributed by atoms with E-state index in [4.69, 9.17) is 4.74 Å². The molecule has 0 atom stereocenters. The van der Waals surface area contributed by atoms with E-state index in [9.17, 15) is 9.59 Å². The molecule has 3 heterocycles. The second-order valence-corrected chi connectivity index (χ2v) is 5.77. The number of rotatable bonds is 4. The molecule has 0 spiro atoms. The summed E-state index contributed by atoms with van der Waals surface area (Å²) in [6.45, 7) is 2.36. The van der Waals surface area contributed by atoms with E-state index >= 15 is 0 Å². The van der Waals surface area contributed by atoms with Crippen molar-refractivity contribution in [2.24, 2.45) is 0 Å².